The number of nitrogens with one attached hydrogen (secondary N) is 1. The van der Waals surface area contributed by atoms with Crippen molar-refractivity contribution in [3.8, 4) is 11.8 Å². The van der Waals surface area contributed by atoms with Crippen LogP contribution in [0.3, 0.4) is 0 Å². The second-order valence-electron chi connectivity index (χ2n) is 8.57. The molecule has 2 aromatic carbocycles. The van der Waals surface area contributed by atoms with Crippen molar-refractivity contribution in [1.82, 2.24) is 10.2 Å². The lowest BCUT2D eigenvalue weighted by Gasteiger charge is -2.36. The lowest BCUT2D eigenvalue weighted by Crippen LogP contribution is -2.44. The van der Waals surface area contributed by atoms with Crippen LogP contribution >= 0.6 is 0 Å². The lowest BCUT2D eigenvalue weighted by molar-refractivity contribution is -0.117. The first-order valence-electron chi connectivity index (χ1n) is 11.5. The summed E-state index contributed by atoms with van der Waals surface area (Å²) in [6.07, 6.45) is 1.70. The van der Waals surface area contributed by atoms with Gasteiger partial charge in [0.05, 0.1) is 12.6 Å². The molecule has 1 aliphatic heterocycles. The van der Waals surface area contributed by atoms with Crippen LogP contribution in [-0.4, -0.2) is 43.6 Å². The average molecular weight is 447 g/mol. The second kappa shape index (κ2) is 10.9. The maximum atomic E-state index is 12.9. The molecule has 33 heavy (non-hydrogen) atoms. The zero-order valence-electron chi connectivity index (χ0n) is 20.3. The van der Waals surface area contributed by atoms with E-state index in [0.717, 1.165) is 43.1 Å². The Bertz CT molecular complexity index is 1060. The summed E-state index contributed by atoms with van der Waals surface area (Å²) < 4.78 is 5.72. The number of piperazine rings is 1. The van der Waals surface area contributed by atoms with Crippen LogP contribution in [0.5, 0.6) is 5.75 Å². The fourth-order valence-electron chi connectivity index (χ4n) is 4.14. The molecule has 0 bridgehead atoms. The Kier molecular flexibility index (Phi) is 8.00. The predicted octanol–water partition coefficient (Wildman–Crippen LogP) is 4.42. The van der Waals surface area contributed by atoms with Gasteiger partial charge in [0.2, 0.25) is 0 Å². The van der Waals surface area contributed by atoms with E-state index in [2.05, 4.69) is 53.2 Å². The summed E-state index contributed by atoms with van der Waals surface area (Å²) in [6.45, 7) is 13.9. The minimum atomic E-state index is -0.370. The van der Waals surface area contributed by atoms with Crippen LogP contribution in [0, 0.1) is 32.1 Å². The van der Waals surface area contributed by atoms with E-state index in [9.17, 15) is 10.1 Å². The van der Waals surface area contributed by atoms with E-state index in [-0.39, 0.29) is 17.5 Å². The number of ether oxygens (including phenoxy) is 1. The van der Waals surface area contributed by atoms with Crippen LogP contribution in [0.2, 0.25) is 0 Å². The van der Waals surface area contributed by atoms with Gasteiger partial charge in [-0.15, -0.1) is 0 Å². The summed E-state index contributed by atoms with van der Waals surface area (Å²) in [5.74, 6) is 0.381. The topological polar surface area (TPSA) is 68.6 Å². The van der Waals surface area contributed by atoms with Crippen LogP contribution in [0.25, 0.3) is 0 Å². The lowest BCUT2D eigenvalue weighted by atomic mass is 10.0. The largest absolute Gasteiger partial charge is 0.494 e. The maximum Gasteiger partial charge on any atom is 0.263 e. The summed E-state index contributed by atoms with van der Waals surface area (Å²) >= 11 is 0. The van der Waals surface area contributed by atoms with Gasteiger partial charge in [0.25, 0.3) is 5.91 Å². The van der Waals surface area contributed by atoms with Crippen molar-refractivity contribution in [3.05, 3.63) is 70.4 Å². The summed E-state index contributed by atoms with van der Waals surface area (Å²) in [5.41, 5.74) is 5.96. The molecular formula is C27H34N4O2. The van der Waals surface area contributed by atoms with E-state index >= 15 is 0 Å². The molecule has 1 heterocycles. The van der Waals surface area contributed by atoms with Gasteiger partial charge in [0, 0.05) is 43.6 Å². The molecule has 2 aromatic rings. The second-order valence-corrected chi connectivity index (χ2v) is 8.57. The highest BCUT2D eigenvalue weighted by molar-refractivity contribution is 5.97. The minimum Gasteiger partial charge on any atom is -0.494 e. The molecule has 1 N–H and O–H groups in total. The summed E-state index contributed by atoms with van der Waals surface area (Å²) in [7, 11) is 0. The molecule has 1 aliphatic rings. The fourth-order valence-corrected chi connectivity index (χ4v) is 4.14. The van der Waals surface area contributed by atoms with Gasteiger partial charge in [-0.1, -0.05) is 29.8 Å². The number of carbonyl (C=O) groups is 1. The van der Waals surface area contributed by atoms with Gasteiger partial charge in [-0.25, -0.2) is 0 Å². The molecule has 0 saturated carbocycles. The standard InChI is InChI=1S/C27H34N4O2/c1-6-33-26-11-10-19(2)16-24(26)22(5)29-27(32)23(17-28)18-30-12-14-31(15-13-30)25-9-7-8-20(3)21(25)4/h7-11,16,18,22H,6,12-15H2,1-5H3,(H,29,32)/b23-18-. The maximum absolute atomic E-state index is 12.9. The number of rotatable bonds is 7. The number of nitrogens with zero attached hydrogens (tertiary/aromatic N) is 3. The van der Waals surface area contributed by atoms with E-state index < -0.39 is 0 Å². The predicted molar refractivity (Wildman–Crippen MR) is 132 cm³/mol. The van der Waals surface area contributed by atoms with Crippen LogP contribution < -0.4 is 15.0 Å². The van der Waals surface area contributed by atoms with Crippen LogP contribution in [0.15, 0.2) is 48.2 Å². The van der Waals surface area contributed by atoms with Gasteiger partial charge in [-0.2, -0.15) is 5.26 Å². The molecule has 6 heteroatoms. The molecule has 0 aromatic heterocycles. The first-order chi connectivity index (χ1) is 15.8. The van der Waals surface area contributed by atoms with Gasteiger partial charge in [0.15, 0.2) is 0 Å². The van der Waals surface area contributed by atoms with Crippen molar-refractivity contribution in [3.63, 3.8) is 0 Å². The van der Waals surface area contributed by atoms with Crippen molar-refractivity contribution >= 4 is 11.6 Å². The van der Waals surface area contributed by atoms with E-state index in [4.69, 9.17) is 4.74 Å². The van der Waals surface area contributed by atoms with E-state index in [1.165, 1.54) is 16.8 Å². The van der Waals surface area contributed by atoms with Crippen molar-refractivity contribution in [2.24, 2.45) is 0 Å². The Hall–Kier alpha value is -3.46. The average Bonchev–Trinajstić information content (AvgIpc) is 2.81. The van der Waals surface area contributed by atoms with Gasteiger partial charge < -0.3 is 19.9 Å². The van der Waals surface area contributed by atoms with E-state index in [1.54, 1.807) is 6.20 Å². The van der Waals surface area contributed by atoms with Crippen molar-refractivity contribution in [1.29, 1.82) is 5.26 Å². The number of amides is 1. The Labute approximate surface area is 197 Å². The highest BCUT2D eigenvalue weighted by Gasteiger charge is 2.21. The highest BCUT2D eigenvalue weighted by atomic mass is 16.5. The molecule has 0 spiro atoms. The normalized spacial score (nSPS) is 15.1. The first kappa shape index (κ1) is 24.2. The fraction of sp³-hybridized carbons (Fsp3) is 0.407. The van der Waals surface area contributed by atoms with Crippen LogP contribution in [0.1, 0.15) is 42.1 Å². The smallest absolute Gasteiger partial charge is 0.263 e. The molecule has 0 aliphatic carbocycles. The molecule has 6 nitrogen and oxygen atoms in total. The third kappa shape index (κ3) is 5.87. The Balaban J connectivity index is 1.65. The third-order valence-electron chi connectivity index (χ3n) is 6.19. The van der Waals surface area contributed by atoms with Gasteiger partial charge in [-0.3, -0.25) is 4.79 Å². The van der Waals surface area contributed by atoms with Gasteiger partial charge >= 0.3 is 0 Å². The molecular weight excluding hydrogens is 412 g/mol. The third-order valence-corrected chi connectivity index (χ3v) is 6.19. The number of nitriles is 1. The number of hydrogen-bond acceptors (Lipinski definition) is 5. The molecule has 1 saturated heterocycles. The zero-order chi connectivity index (χ0) is 24.0. The molecule has 0 radical (unpaired) electrons. The number of benzene rings is 2. The molecule has 1 amide bonds. The summed E-state index contributed by atoms with van der Waals surface area (Å²) in [5, 5.41) is 12.6. The molecule has 1 fully saturated rings. The minimum absolute atomic E-state index is 0.118. The highest BCUT2D eigenvalue weighted by Crippen LogP contribution is 2.27. The number of aryl methyl sites for hydroxylation is 2. The van der Waals surface area contributed by atoms with Crippen molar-refractivity contribution in [2.45, 2.75) is 40.7 Å². The van der Waals surface area contributed by atoms with Crippen molar-refractivity contribution < 1.29 is 9.53 Å². The zero-order valence-corrected chi connectivity index (χ0v) is 20.3. The number of carbonyl (C=O) groups excluding carboxylic acids is 1. The number of anilines is 1. The monoisotopic (exact) mass is 446 g/mol. The van der Waals surface area contributed by atoms with E-state index in [0.29, 0.717) is 6.61 Å². The quantitative estimate of drug-likeness (QED) is 0.504. The SMILES string of the molecule is CCOc1ccc(C)cc1C(C)NC(=O)/C(C#N)=C\N1CCN(c2cccc(C)c2C)CC1. The Morgan fingerprint density at radius 3 is 2.58 bits per heavy atom. The molecule has 1 unspecified atom stereocenters. The van der Waals surface area contributed by atoms with Crippen LogP contribution in [0.4, 0.5) is 5.69 Å². The van der Waals surface area contributed by atoms with E-state index in [1.807, 2.05) is 39.0 Å². The Morgan fingerprint density at radius 1 is 1.18 bits per heavy atom. The van der Waals surface area contributed by atoms with Crippen LogP contribution in [-0.2, 0) is 4.79 Å². The summed E-state index contributed by atoms with van der Waals surface area (Å²) in [6, 6.07) is 14.1. The van der Waals surface area contributed by atoms with Gasteiger partial charge in [-0.05, 0) is 57.9 Å². The molecule has 174 valence electrons. The number of hydrogen-bond donors (Lipinski definition) is 1. The van der Waals surface area contributed by atoms with Gasteiger partial charge in [0.1, 0.15) is 17.4 Å². The summed E-state index contributed by atoms with van der Waals surface area (Å²) in [4.78, 5) is 17.3. The molecule has 1 atom stereocenters. The van der Waals surface area contributed by atoms with Crippen molar-refractivity contribution in [2.75, 3.05) is 37.7 Å². The first-order valence-corrected chi connectivity index (χ1v) is 11.5. The Morgan fingerprint density at radius 2 is 1.91 bits per heavy atom. The molecule has 3 rings (SSSR count).